The first kappa shape index (κ1) is 24.5. The molecule has 0 atom stereocenters. The molecule has 0 aliphatic heterocycles. The second-order valence-corrected chi connectivity index (χ2v) is 9.68. The van der Waals surface area contributed by atoms with Crippen LogP contribution >= 0.6 is 0 Å². The topological polar surface area (TPSA) is 88.7 Å². The van der Waals surface area contributed by atoms with Crippen LogP contribution in [-0.2, 0) is 6.61 Å². The van der Waals surface area contributed by atoms with Crippen LogP contribution in [0.3, 0.4) is 0 Å². The number of pyridine rings is 2. The number of hydrogen-bond acceptors (Lipinski definition) is 5. The molecule has 0 amide bonds. The second kappa shape index (κ2) is 10.2. The molecule has 7 aromatic rings. The van der Waals surface area contributed by atoms with Gasteiger partial charge in [0.15, 0.2) is 0 Å². The summed E-state index contributed by atoms with van der Waals surface area (Å²) in [7, 11) is 1.53. The van der Waals surface area contributed by atoms with E-state index in [2.05, 4.69) is 20.2 Å². The number of nitrogens with one attached hydrogen (secondary N) is 2. The summed E-state index contributed by atoms with van der Waals surface area (Å²) in [5.41, 5.74) is 8.20. The summed E-state index contributed by atoms with van der Waals surface area (Å²) in [6, 6.07) is 28.4. The van der Waals surface area contributed by atoms with E-state index in [0.29, 0.717) is 23.8 Å². The van der Waals surface area contributed by atoms with E-state index in [1.54, 1.807) is 12.4 Å². The molecule has 8 heteroatoms. The number of benzene rings is 3. The molecule has 0 saturated carbocycles. The molecular weight excluding hydrogens is 517 g/mol. The molecule has 200 valence electrons. The highest BCUT2D eigenvalue weighted by atomic mass is 19.1. The Bertz CT molecular complexity index is 2020. The molecule has 0 bridgehead atoms. The number of aromatic amines is 2. The summed E-state index contributed by atoms with van der Waals surface area (Å²) < 4.78 is 25.6. The number of H-pyrrole nitrogens is 2. The lowest BCUT2D eigenvalue weighted by Crippen LogP contribution is -1.96. The zero-order valence-electron chi connectivity index (χ0n) is 22.1. The minimum atomic E-state index is -0.355. The van der Waals surface area contributed by atoms with Crippen molar-refractivity contribution < 1.29 is 13.9 Å². The van der Waals surface area contributed by atoms with Gasteiger partial charge in [0.1, 0.15) is 35.1 Å². The highest BCUT2D eigenvalue weighted by Crippen LogP contribution is 2.35. The van der Waals surface area contributed by atoms with Crippen molar-refractivity contribution in [3.05, 3.63) is 115 Å². The summed E-state index contributed by atoms with van der Waals surface area (Å²) >= 11 is 0. The number of rotatable bonds is 7. The molecule has 0 aliphatic carbocycles. The van der Waals surface area contributed by atoms with Crippen molar-refractivity contribution in [3.63, 3.8) is 0 Å². The summed E-state index contributed by atoms with van der Waals surface area (Å²) in [5.74, 6) is 0.774. The minimum absolute atomic E-state index is 0.355. The van der Waals surface area contributed by atoms with Gasteiger partial charge in [-0.3, -0.25) is 10.1 Å². The lowest BCUT2D eigenvalue weighted by molar-refractivity contribution is 0.305. The average molecular weight is 542 g/mol. The maximum absolute atomic E-state index is 14.3. The first-order chi connectivity index (χ1) is 20.1. The standard InChI is InChI=1S/C33H24FN5O2/c1-40-24-13-21(12-23(34)15-24)26-8-5-9-29-27(26)16-31(36-29)33-32-30(38-39-33)11-10-28(37-32)22-14-25(18-35-17-22)41-19-20-6-3-2-4-7-20/h2-18,36H,19H2,1H3,(H,38,39). The number of nitrogens with zero attached hydrogens (tertiary/aromatic N) is 3. The van der Waals surface area contributed by atoms with Crippen molar-refractivity contribution in [2.24, 2.45) is 0 Å². The van der Waals surface area contributed by atoms with Crippen LogP contribution in [0.5, 0.6) is 11.5 Å². The summed E-state index contributed by atoms with van der Waals surface area (Å²) in [6.45, 7) is 0.453. The molecule has 0 fully saturated rings. The molecule has 3 aromatic carbocycles. The number of ether oxygens (including phenoxy) is 2. The monoisotopic (exact) mass is 541 g/mol. The van der Waals surface area contributed by atoms with Crippen molar-refractivity contribution in [2.45, 2.75) is 6.61 Å². The summed E-state index contributed by atoms with van der Waals surface area (Å²) in [6.07, 6.45) is 3.47. The number of halogens is 1. The Morgan fingerprint density at radius 2 is 1.68 bits per heavy atom. The predicted molar refractivity (Wildman–Crippen MR) is 157 cm³/mol. The SMILES string of the molecule is COc1cc(F)cc(-c2cccc3[nH]c(-c4n[nH]c5ccc(-c6cncc(OCc7ccccc7)c6)nc45)cc23)c1. The van der Waals surface area contributed by atoms with Gasteiger partial charge in [-0.25, -0.2) is 9.37 Å². The van der Waals surface area contributed by atoms with Crippen molar-refractivity contribution in [1.82, 2.24) is 25.1 Å². The normalized spacial score (nSPS) is 11.3. The van der Waals surface area contributed by atoms with E-state index in [4.69, 9.17) is 14.5 Å². The third-order valence-electron chi connectivity index (χ3n) is 7.00. The Morgan fingerprint density at radius 1 is 0.805 bits per heavy atom. The van der Waals surface area contributed by atoms with Gasteiger partial charge in [0.25, 0.3) is 0 Å². The Labute approximate surface area is 234 Å². The lowest BCUT2D eigenvalue weighted by Gasteiger charge is -2.08. The molecule has 0 unspecified atom stereocenters. The molecule has 7 nitrogen and oxygen atoms in total. The fourth-order valence-electron chi connectivity index (χ4n) is 5.00. The third-order valence-corrected chi connectivity index (χ3v) is 7.00. The number of fused-ring (bicyclic) bond motifs is 2. The first-order valence-electron chi connectivity index (χ1n) is 13.1. The molecule has 41 heavy (non-hydrogen) atoms. The molecule has 0 spiro atoms. The maximum Gasteiger partial charge on any atom is 0.138 e. The van der Waals surface area contributed by atoms with Gasteiger partial charge in [0, 0.05) is 28.7 Å². The summed E-state index contributed by atoms with van der Waals surface area (Å²) in [5, 5.41) is 8.61. The van der Waals surface area contributed by atoms with Gasteiger partial charge < -0.3 is 14.5 Å². The Morgan fingerprint density at radius 3 is 2.56 bits per heavy atom. The Kier molecular flexibility index (Phi) is 6.13. The van der Waals surface area contributed by atoms with Crippen LogP contribution in [0.25, 0.3) is 55.7 Å². The van der Waals surface area contributed by atoms with Crippen LogP contribution in [0.4, 0.5) is 4.39 Å². The van der Waals surface area contributed by atoms with Crippen molar-refractivity contribution >= 4 is 21.9 Å². The third kappa shape index (κ3) is 4.76. The molecule has 2 N–H and O–H groups in total. The number of methoxy groups -OCH3 is 1. The smallest absolute Gasteiger partial charge is 0.138 e. The molecule has 0 aliphatic rings. The van der Waals surface area contributed by atoms with E-state index < -0.39 is 0 Å². The van der Waals surface area contributed by atoms with Gasteiger partial charge >= 0.3 is 0 Å². The van der Waals surface area contributed by atoms with E-state index in [-0.39, 0.29) is 5.82 Å². The maximum atomic E-state index is 14.3. The van der Waals surface area contributed by atoms with Crippen LogP contribution in [0, 0.1) is 5.82 Å². The zero-order valence-corrected chi connectivity index (χ0v) is 22.1. The Balaban J connectivity index is 1.24. The van der Waals surface area contributed by atoms with Crippen molar-refractivity contribution in [1.29, 1.82) is 0 Å². The van der Waals surface area contributed by atoms with Gasteiger partial charge in [0.2, 0.25) is 0 Å². The van der Waals surface area contributed by atoms with Gasteiger partial charge in [-0.2, -0.15) is 5.10 Å². The van der Waals surface area contributed by atoms with Crippen LogP contribution in [0.15, 0.2) is 103 Å². The fraction of sp³-hybridized carbons (Fsp3) is 0.0606. The van der Waals surface area contributed by atoms with Crippen LogP contribution in [0.2, 0.25) is 0 Å². The predicted octanol–water partition coefficient (Wildman–Crippen LogP) is 7.56. The lowest BCUT2D eigenvalue weighted by atomic mass is 10.0. The average Bonchev–Trinajstić information content (AvgIpc) is 3.64. The first-order valence-corrected chi connectivity index (χ1v) is 13.1. The molecular formula is C33H24FN5O2. The van der Waals surface area contributed by atoms with Gasteiger partial charge in [-0.1, -0.05) is 42.5 Å². The Hall–Kier alpha value is -5.50. The molecule has 0 saturated heterocycles. The molecule has 0 radical (unpaired) electrons. The largest absolute Gasteiger partial charge is 0.497 e. The highest BCUT2D eigenvalue weighted by Gasteiger charge is 2.16. The number of aromatic nitrogens is 5. The summed E-state index contributed by atoms with van der Waals surface area (Å²) in [4.78, 5) is 12.8. The molecule has 7 rings (SSSR count). The molecule has 4 aromatic heterocycles. The number of hydrogen-bond donors (Lipinski definition) is 2. The fourth-order valence-corrected chi connectivity index (χ4v) is 5.00. The quantitative estimate of drug-likeness (QED) is 0.217. The zero-order chi connectivity index (χ0) is 27.8. The van der Waals surface area contributed by atoms with Crippen molar-refractivity contribution in [3.8, 4) is 45.3 Å². The van der Waals surface area contributed by atoms with E-state index in [0.717, 1.165) is 55.6 Å². The van der Waals surface area contributed by atoms with Crippen LogP contribution in [0.1, 0.15) is 5.56 Å². The van der Waals surface area contributed by atoms with Gasteiger partial charge in [-0.05, 0) is 59.2 Å². The highest BCUT2D eigenvalue weighted by molar-refractivity contribution is 6.00. The van der Waals surface area contributed by atoms with E-state index in [1.165, 1.54) is 19.2 Å². The van der Waals surface area contributed by atoms with E-state index in [1.807, 2.05) is 78.9 Å². The van der Waals surface area contributed by atoms with Crippen LogP contribution < -0.4 is 9.47 Å². The van der Waals surface area contributed by atoms with E-state index >= 15 is 0 Å². The van der Waals surface area contributed by atoms with Gasteiger partial charge in [0.05, 0.1) is 30.2 Å². The molecule has 4 heterocycles. The van der Waals surface area contributed by atoms with Crippen LogP contribution in [-0.4, -0.2) is 32.3 Å². The second-order valence-electron chi connectivity index (χ2n) is 9.68. The van der Waals surface area contributed by atoms with E-state index in [9.17, 15) is 4.39 Å². The van der Waals surface area contributed by atoms with Gasteiger partial charge in [-0.15, -0.1) is 0 Å². The minimum Gasteiger partial charge on any atom is -0.497 e. The van der Waals surface area contributed by atoms with Crippen molar-refractivity contribution in [2.75, 3.05) is 7.11 Å².